The van der Waals surface area contributed by atoms with Crippen LogP contribution in [0.3, 0.4) is 0 Å². The second kappa shape index (κ2) is 5.10. The predicted octanol–water partition coefficient (Wildman–Crippen LogP) is 3.28. The summed E-state index contributed by atoms with van der Waals surface area (Å²) in [6.07, 6.45) is 0. The van der Waals surface area contributed by atoms with E-state index in [1.54, 1.807) is 31.2 Å². The maximum atomic E-state index is 13.9. The van der Waals surface area contributed by atoms with E-state index in [-0.39, 0.29) is 5.56 Å². The van der Waals surface area contributed by atoms with Gasteiger partial charge in [-0.25, -0.2) is 4.39 Å². The van der Waals surface area contributed by atoms with Crippen molar-refractivity contribution in [3.63, 3.8) is 0 Å². The molecule has 0 spiro atoms. The number of hydrogen-bond acceptors (Lipinski definition) is 2. The molecule has 0 bridgehead atoms. The number of anilines is 2. The minimum atomic E-state index is -0.507. The van der Waals surface area contributed by atoms with E-state index in [1.807, 2.05) is 13.0 Å². The van der Waals surface area contributed by atoms with Crippen LogP contribution in [0, 0.1) is 19.7 Å². The first kappa shape index (κ1) is 13.1. The molecule has 0 aliphatic rings. The van der Waals surface area contributed by atoms with E-state index in [1.165, 1.54) is 6.07 Å². The number of hydrogen-bond donors (Lipinski definition) is 2. The normalized spacial score (nSPS) is 10.3. The maximum Gasteiger partial charge on any atom is 0.258 e. The highest BCUT2D eigenvalue weighted by Crippen LogP contribution is 2.23. The van der Waals surface area contributed by atoms with Crippen molar-refractivity contribution in [2.75, 3.05) is 11.1 Å². The summed E-state index contributed by atoms with van der Waals surface area (Å²) in [5.41, 5.74) is 8.08. The first-order valence-electron chi connectivity index (χ1n) is 5.92. The Hall–Kier alpha value is -2.36. The van der Waals surface area contributed by atoms with Crippen molar-refractivity contribution in [3.05, 3.63) is 58.9 Å². The van der Waals surface area contributed by atoms with Gasteiger partial charge in [0.2, 0.25) is 0 Å². The predicted molar refractivity (Wildman–Crippen MR) is 74.7 cm³/mol. The number of nitrogen functional groups attached to an aromatic ring is 1. The van der Waals surface area contributed by atoms with Gasteiger partial charge < -0.3 is 11.1 Å². The van der Waals surface area contributed by atoms with Crippen molar-refractivity contribution in [1.82, 2.24) is 0 Å². The van der Waals surface area contributed by atoms with Crippen LogP contribution < -0.4 is 11.1 Å². The van der Waals surface area contributed by atoms with E-state index in [9.17, 15) is 9.18 Å². The van der Waals surface area contributed by atoms with Gasteiger partial charge in [0.25, 0.3) is 5.91 Å². The smallest absolute Gasteiger partial charge is 0.258 e. The van der Waals surface area contributed by atoms with Crippen LogP contribution >= 0.6 is 0 Å². The molecule has 0 aliphatic carbocycles. The summed E-state index contributed by atoms with van der Waals surface area (Å²) in [6.45, 7) is 3.45. The lowest BCUT2D eigenvalue weighted by atomic mass is 10.1. The molecule has 4 heteroatoms. The van der Waals surface area contributed by atoms with Gasteiger partial charge in [0.1, 0.15) is 5.82 Å². The second-order valence-corrected chi connectivity index (χ2v) is 4.43. The summed E-state index contributed by atoms with van der Waals surface area (Å²) in [6, 6.07) is 10.0. The monoisotopic (exact) mass is 258 g/mol. The Morgan fingerprint density at radius 1 is 1.11 bits per heavy atom. The van der Waals surface area contributed by atoms with Crippen LogP contribution in [0.1, 0.15) is 21.5 Å². The van der Waals surface area contributed by atoms with Crippen LogP contribution in [0.2, 0.25) is 0 Å². The fraction of sp³-hybridized carbons (Fsp3) is 0.133. The molecule has 0 radical (unpaired) electrons. The minimum absolute atomic E-state index is 0.0163. The summed E-state index contributed by atoms with van der Waals surface area (Å²) >= 11 is 0. The van der Waals surface area contributed by atoms with Gasteiger partial charge in [0, 0.05) is 0 Å². The first-order valence-corrected chi connectivity index (χ1v) is 5.92. The van der Waals surface area contributed by atoms with Crippen molar-refractivity contribution < 1.29 is 9.18 Å². The zero-order chi connectivity index (χ0) is 14.0. The van der Waals surface area contributed by atoms with Crippen molar-refractivity contribution >= 4 is 17.3 Å². The highest BCUT2D eigenvalue weighted by molar-refractivity contribution is 6.06. The Kier molecular flexibility index (Phi) is 3.51. The summed E-state index contributed by atoms with van der Waals surface area (Å²) in [5.74, 6) is -1.01. The van der Waals surface area contributed by atoms with Gasteiger partial charge in [-0.3, -0.25) is 4.79 Å². The third-order valence-electron chi connectivity index (χ3n) is 2.98. The van der Waals surface area contributed by atoms with Crippen LogP contribution in [0.5, 0.6) is 0 Å². The molecule has 1 amide bonds. The zero-order valence-electron chi connectivity index (χ0n) is 10.8. The number of amides is 1. The third-order valence-corrected chi connectivity index (χ3v) is 2.98. The van der Waals surface area contributed by atoms with Gasteiger partial charge >= 0.3 is 0 Å². The number of carbonyl (C=O) groups excluding carboxylic acids is 1. The fourth-order valence-corrected chi connectivity index (χ4v) is 1.86. The number of nitrogens with two attached hydrogens (primary N) is 1. The molecule has 2 aromatic carbocycles. The highest BCUT2D eigenvalue weighted by Gasteiger charge is 2.15. The third kappa shape index (κ3) is 2.57. The lowest BCUT2D eigenvalue weighted by Gasteiger charge is -2.12. The summed E-state index contributed by atoms with van der Waals surface area (Å²) in [7, 11) is 0. The van der Waals surface area contributed by atoms with Gasteiger partial charge in [-0.05, 0) is 37.1 Å². The molecule has 0 atom stereocenters. The summed E-state index contributed by atoms with van der Waals surface area (Å²) in [4.78, 5) is 12.1. The van der Waals surface area contributed by atoms with Crippen molar-refractivity contribution in [2.45, 2.75) is 13.8 Å². The van der Waals surface area contributed by atoms with Crippen molar-refractivity contribution in [2.24, 2.45) is 0 Å². The molecule has 0 aromatic heterocycles. The van der Waals surface area contributed by atoms with Crippen LogP contribution in [0.4, 0.5) is 15.8 Å². The maximum absolute atomic E-state index is 13.9. The van der Waals surface area contributed by atoms with Crippen molar-refractivity contribution in [3.8, 4) is 0 Å². The number of para-hydroxylation sites is 1. The largest absolute Gasteiger partial charge is 0.397 e. The Bertz CT molecular complexity index is 618. The number of benzene rings is 2. The lowest BCUT2D eigenvalue weighted by molar-refractivity contribution is 0.102. The number of aryl methyl sites for hydroxylation is 2. The van der Waals surface area contributed by atoms with Gasteiger partial charge in [0.05, 0.1) is 16.9 Å². The first-order chi connectivity index (χ1) is 9.00. The molecular weight excluding hydrogens is 243 g/mol. The van der Waals surface area contributed by atoms with Crippen LogP contribution in [-0.2, 0) is 0 Å². The summed E-state index contributed by atoms with van der Waals surface area (Å²) in [5, 5.41) is 2.66. The molecule has 0 saturated heterocycles. The quantitative estimate of drug-likeness (QED) is 0.812. The lowest BCUT2D eigenvalue weighted by Crippen LogP contribution is -2.16. The second-order valence-electron chi connectivity index (χ2n) is 4.43. The van der Waals surface area contributed by atoms with Gasteiger partial charge in [-0.15, -0.1) is 0 Å². The van der Waals surface area contributed by atoms with Crippen molar-refractivity contribution in [1.29, 1.82) is 0 Å². The van der Waals surface area contributed by atoms with E-state index in [0.29, 0.717) is 16.9 Å². The number of carbonyl (C=O) groups is 1. The molecule has 0 aliphatic heterocycles. The van der Waals surface area contributed by atoms with Gasteiger partial charge in [0.15, 0.2) is 0 Å². The molecular formula is C15H15FN2O. The standard InChI is InChI=1S/C15H15FN2O/c1-9-5-3-7-11(13(9)16)15(19)18-14-10(2)6-4-8-12(14)17/h3-8H,17H2,1-2H3,(H,18,19). The molecule has 0 heterocycles. The number of nitrogens with one attached hydrogen (secondary N) is 1. The minimum Gasteiger partial charge on any atom is -0.397 e. The van der Waals surface area contributed by atoms with E-state index in [0.717, 1.165) is 5.56 Å². The fourth-order valence-electron chi connectivity index (χ4n) is 1.86. The molecule has 0 unspecified atom stereocenters. The molecule has 2 rings (SSSR count). The number of halogens is 1. The SMILES string of the molecule is Cc1cccc(C(=O)Nc2c(C)cccc2N)c1F. The Labute approximate surface area is 111 Å². The number of rotatable bonds is 2. The Balaban J connectivity index is 2.34. The zero-order valence-corrected chi connectivity index (χ0v) is 10.8. The molecule has 0 fully saturated rings. The van der Waals surface area contributed by atoms with E-state index in [2.05, 4.69) is 5.32 Å². The average Bonchev–Trinajstić information content (AvgIpc) is 2.37. The van der Waals surface area contributed by atoms with E-state index < -0.39 is 11.7 Å². The molecule has 2 aromatic rings. The topological polar surface area (TPSA) is 55.1 Å². The molecule has 19 heavy (non-hydrogen) atoms. The molecule has 3 N–H and O–H groups in total. The summed E-state index contributed by atoms with van der Waals surface area (Å²) < 4.78 is 13.9. The van der Waals surface area contributed by atoms with Crippen LogP contribution in [-0.4, -0.2) is 5.91 Å². The van der Waals surface area contributed by atoms with Gasteiger partial charge in [-0.1, -0.05) is 24.3 Å². The van der Waals surface area contributed by atoms with E-state index >= 15 is 0 Å². The average molecular weight is 258 g/mol. The molecule has 0 saturated carbocycles. The highest BCUT2D eigenvalue weighted by atomic mass is 19.1. The van der Waals surface area contributed by atoms with Gasteiger partial charge in [-0.2, -0.15) is 0 Å². The molecule has 3 nitrogen and oxygen atoms in total. The Morgan fingerprint density at radius 3 is 2.42 bits per heavy atom. The molecule has 98 valence electrons. The van der Waals surface area contributed by atoms with Crippen LogP contribution in [0.15, 0.2) is 36.4 Å². The Morgan fingerprint density at radius 2 is 1.74 bits per heavy atom. The van der Waals surface area contributed by atoms with E-state index in [4.69, 9.17) is 5.73 Å². The van der Waals surface area contributed by atoms with Crippen LogP contribution in [0.25, 0.3) is 0 Å².